The molecular weight excluding hydrogens is 262 g/mol. The zero-order valence-electron chi connectivity index (χ0n) is 10.4. The van der Waals surface area contributed by atoms with E-state index >= 15 is 0 Å². The van der Waals surface area contributed by atoms with Crippen molar-refractivity contribution in [1.82, 2.24) is 10.2 Å². The molecule has 1 aromatic carbocycles. The van der Waals surface area contributed by atoms with E-state index in [1.54, 1.807) is 12.1 Å². The molecule has 0 spiro atoms. The molecule has 2 N–H and O–H groups in total. The lowest BCUT2D eigenvalue weighted by molar-refractivity contribution is 0.319. The van der Waals surface area contributed by atoms with Crippen LogP contribution in [0.5, 0.6) is 17.4 Å². The summed E-state index contributed by atoms with van der Waals surface area (Å²) in [5.74, 6) is 1.44. The van der Waals surface area contributed by atoms with Crippen molar-refractivity contribution in [1.29, 1.82) is 0 Å². The molecule has 0 aliphatic heterocycles. The summed E-state index contributed by atoms with van der Waals surface area (Å²) in [6.45, 7) is 2.45. The molecule has 98 valence electrons. The number of nitrogens with zero attached hydrogens (tertiary/aromatic N) is 2. The van der Waals surface area contributed by atoms with Crippen molar-refractivity contribution < 1.29 is 9.47 Å². The van der Waals surface area contributed by atoms with Gasteiger partial charge >= 0.3 is 0 Å². The Kier molecular flexibility index (Phi) is 4.25. The molecule has 0 saturated heterocycles. The van der Waals surface area contributed by atoms with Crippen molar-refractivity contribution in [3.63, 3.8) is 0 Å². The van der Waals surface area contributed by atoms with Crippen LogP contribution in [0.4, 0.5) is 0 Å². The fourth-order valence-corrected chi connectivity index (χ4v) is 1.65. The van der Waals surface area contributed by atoms with E-state index in [2.05, 4.69) is 10.2 Å². The number of hydrogen-bond acceptors (Lipinski definition) is 5. The molecule has 2 rings (SSSR count). The van der Waals surface area contributed by atoms with Crippen LogP contribution in [0.2, 0.25) is 0 Å². The lowest BCUT2D eigenvalue weighted by atomic mass is 10.3. The van der Waals surface area contributed by atoms with Crippen LogP contribution in [-0.4, -0.2) is 21.8 Å². The van der Waals surface area contributed by atoms with Gasteiger partial charge in [-0.05, 0) is 25.1 Å². The predicted molar refractivity (Wildman–Crippen MR) is 75.6 cm³/mol. The van der Waals surface area contributed by atoms with E-state index in [-0.39, 0.29) is 10.9 Å². The molecule has 1 heterocycles. The van der Waals surface area contributed by atoms with Gasteiger partial charge < -0.3 is 15.2 Å². The summed E-state index contributed by atoms with van der Waals surface area (Å²) in [5, 5.41) is 7.67. The molecule has 0 radical (unpaired) electrons. The second-order valence-electron chi connectivity index (χ2n) is 3.60. The molecule has 0 amide bonds. The molecule has 6 heteroatoms. The standard InChI is InChI=1S/C13H13N3O2S/c1-2-17-10-5-3-4-6-11(10)18-13-9(12(14)19)7-8-15-16-13/h3-8H,2H2,1H3,(H2,14,19). The second-order valence-corrected chi connectivity index (χ2v) is 4.04. The first kappa shape index (κ1) is 13.2. The first-order valence-electron chi connectivity index (χ1n) is 5.73. The van der Waals surface area contributed by atoms with Crippen LogP contribution in [0.25, 0.3) is 0 Å². The summed E-state index contributed by atoms with van der Waals surface area (Å²) < 4.78 is 11.2. The number of thiocarbonyl (C=S) groups is 1. The van der Waals surface area contributed by atoms with Gasteiger partial charge in [-0.1, -0.05) is 24.4 Å². The summed E-state index contributed by atoms with van der Waals surface area (Å²) in [7, 11) is 0. The van der Waals surface area contributed by atoms with Crippen LogP contribution in [0.3, 0.4) is 0 Å². The third kappa shape index (κ3) is 3.17. The van der Waals surface area contributed by atoms with E-state index in [1.807, 2.05) is 25.1 Å². The number of rotatable bonds is 5. The van der Waals surface area contributed by atoms with Crippen molar-refractivity contribution >= 4 is 17.2 Å². The zero-order valence-corrected chi connectivity index (χ0v) is 11.2. The minimum absolute atomic E-state index is 0.207. The number of aromatic nitrogens is 2. The minimum atomic E-state index is 0.207. The lowest BCUT2D eigenvalue weighted by Gasteiger charge is -2.11. The fourth-order valence-electron chi connectivity index (χ4n) is 1.50. The molecule has 1 aromatic heterocycles. The highest BCUT2D eigenvalue weighted by Crippen LogP contribution is 2.31. The van der Waals surface area contributed by atoms with E-state index < -0.39 is 0 Å². The van der Waals surface area contributed by atoms with Crippen molar-refractivity contribution in [3.05, 3.63) is 42.1 Å². The van der Waals surface area contributed by atoms with Crippen molar-refractivity contribution in [2.24, 2.45) is 5.73 Å². The zero-order chi connectivity index (χ0) is 13.7. The highest BCUT2D eigenvalue weighted by Gasteiger charge is 2.12. The third-order valence-corrected chi connectivity index (χ3v) is 2.53. The van der Waals surface area contributed by atoms with E-state index in [1.165, 1.54) is 6.20 Å². The van der Waals surface area contributed by atoms with Gasteiger partial charge in [-0.2, -0.15) is 5.10 Å². The Bertz CT molecular complexity index is 590. The molecule has 0 saturated carbocycles. The van der Waals surface area contributed by atoms with E-state index in [4.69, 9.17) is 27.4 Å². The van der Waals surface area contributed by atoms with E-state index in [0.29, 0.717) is 23.7 Å². The van der Waals surface area contributed by atoms with Gasteiger partial charge in [0, 0.05) is 0 Å². The van der Waals surface area contributed by atoms with Crippen LogP contribution in [0, 0.1) is 0 Å². The van der Waals surface area contributed by atoms with Gasteiger partial charge in [0.1, 0.15) is 4.99 Å². The van der Waals surface area contributed by atoms with Crippen molar-refractivity contribution in [2.45, 2.75) is 6.92 Å². The molecule has 19 heavy (non-hydrogen) atoms. The lowest BCUT2D eigenvalue weighted by Crippen LogP contribution is -2.12. The van der Waals surface area contributed by atoms with Crippen LogP contribution in [0.1, 0.15) is 12.5 Å². The predicted octanol–water partition coefficient (Wildman–Crippen LogP) is 2.30. The van der Waals surface area contributed by atoms with E-state index in [0.717, 1.165) is 0 Å². The fraction of sp³-hybridized carbons (Fsp3) is 0.154. The molecule has 2 aromatic rings. The first-order valence-corrected chi connectivity index (χ1v) is 6.14. The Hall–Kier alpha value is -2.21. The van der Waals surface area contributed by atoms with Crippen LogP contribution >= 0.6 is 12.2 Å². The quantitative estimate of drug-likeness (QED) is 0.844. The molecule has 0 atom stereocenters. The molecule has 0 bridgehead atoms. The average Bonchev–Trinajstić information content (AvgIpc) is 2.42. The number of nitrogens with two attached hydrogens (primary N) is 1. The maximum Gasteiger partial charge on any atom is 0.249 e. The normalized spacial score (nSPS) is 9.95. The molecule has 0 fully saturated rings. The number of ether oxygens (including phenoxy) is 2. The number of para-hydroxylation sites is 2. The van der Waals surface area contributed by atoms with Gasteiger partial charge in [0.05, 0.1) is 18.4 Å². The molecule has 0 aliphatic rings. The monoisotopic (exact) mass is 275 g/mol. The number of benzene rings is 1. The van der Waals surface area contributed by atoms with Crippen molar-refractivity contribution in [3.8, 4) is 17.4 Å². The smallest absolute Gasteiger partial charge is 0.249 e. The topological polar surface area (TPSA) is 70.3 Å². The van der Waals surface area contributed by atoms with Gasteiger partial charge in [-0.25, -0.2) is 0 Å². The Balaban J connectivity index is 2.34. The average molecular weight is 275 g/mol. The summed E-state index contributed by atoms with van der Waals surface area (Å²) in [6.07, 6.45) is 1.51. The molecule has 0 aliphatic carbocycles. The van der Waals surface area contributed by atoms with Crippen LogP contribution in [0.15, 0.2) is 36.5 Å². The molecule has 5 nitrogen and oxygen atoms in total. The SMILES string of the molecule is CCOc1ccccc1Oc1nnccc1C(N)=S. The molecule has 0 unspecified atom stereocenters. The van der Waals surface area contributed by atoms with Gasteiger partial charge in [0.2, 0.25) is 5.88 Å². The summed E-state index contributed by atoms with van der Waals surface area (Å²) in [6, 6.07) is 8.96. The van der Waals surface area contributed by atoms with Gasteiger partial charge in [-0.3, -0.25) is 0 Å². The highest BCUT2D eigenvalue weighted by molar-refractivity contribution is 7.80. The first-order chi connectivity index (χ1) is 9.22. The largest absolute Gasteiger partial charge is 0.490 e. The number of hydrogen-bond donors (Lipinski definition) is 1. The van der Waals surface area contributed by atoms with Gasteiger partial charge in [-0.15, -0.1) is 5.10 Å². The third-order valence-electron chi connectivity index (χ3n) is 2.31. The summed E-state index contributed by atoms with van der Waals surface area (Å²) >= 11 is 4.95. The van der Waals surface area contributed by atoms with Gasteiger partial charge in [0.15, 0.2) is 11.5 Å². The highest BCUT2D eigenvalue weighted by atomic mass is 32.1. The summed E-state index contributed by atoms with van der Waals surface area (Å²) in [4.78, 5) is 0.207. The van der Waals surface area contributed by atoms with Gasteiger partial charge in [0.25, 0.3) is 0 Å². The van der Waals surface area contributed by atoms with Crippen molar-refractivity contribution in [2.75, 3.05) is 6.61 Å². The Morgan fingerprint density at radius 1 is 1.26 bits per heavy atom. The Morgan fingerprint density at radius 3 is 2.68 bits per heavy atom. The molecular formula is C13H13N3O2S. The van der Waals surface area contributed by atoms with Crippen LogP contribution < -0.4 is 15.2 Å². The van der Waals surface area contributed by atoms with Crippen LogP contribution in [-0.2, 0) is 0 Å². The second kappa shape index (κ2) is 6.10. The maximum atomic E-state index is 5.69. The minimum Gasteiger partial charge on any atom is -0.490 e. The summed E-state index contributed by atoms with van der Waals surface area (Å²) in [5.41, 5.74) is 6.16. The van der Waals surface area contributed by atoms with E-state index in [9.17, 15) is 0 Å². The Labute approximate surface area is 116 Å². The Morgan fingerprint density at radius 2 is 2.00 bits per heavy atom. The maximum absolute atomic E-state index is 5.69.